The highest BCUT2D eigenvalue weighted by atomic mass is 79.9. The third-order valence-corrected chi connectivity index (χ3v) is 11.1. The van der Waals surface area contributed by atoms with E-state index >= 15 is 0 Å². The van der Waals surface area contributed by atoms with Gasteiger partial charge in [0.05, 0.1) is 56.5 Å². The minimum Gasteiger partial charge on any atom is -0.378 e. The zero-order chi connectivity index (χ0) is 47.4. The molecule has 4 aromatic heterocycles. The Kier molecular flexibility index (Phi) is 17.5. The van der Waals surface area contributed by atoms with Crippen LogP contribution in [0.1, 0.15) is 44.2 Å². The molecule has 8 rings (SSSR count). The second-order valence-corrected chi connectivity index (χ2v) is 16.4. The number of carbonyl (C=O) groups is 2. The van der Waals surface area contributed by atoms with Crippen molar-refractivity contribution in [3.63, 3.8) is 0 Å². The van der Waals surface area contributed by atoms with Crippen molar-refractivity contribution < 1.29 is 50.1 Å². The molecule has 0 bridgehead atoms. The van der Waals surface area contributed by atoms with Gasteiger partial charge in [-0.3, -0.25) is 9.59 Å². The average Bonchev–Trinajstić information content (AvgIpc) is 3.30. The molecule has 4 aromatic rings. The number of aromatic nitrogens is 6. The van der Waals surface area contributed by atoms with Gasteiger partial charge < -0.3 is 44.4 Å². The normalized spacial score (nSPS) is 16.9. The third kappa shape index (κ3) is 14.4. The first-order valence-electron chi connectivity index (χ1n) is 21.0. The number of amides is 2. The van der Waals surface area contributed by atoms with Crippen LogP contribution in [0.3, 0.4) is 0 Å². The molecule has 8 heterocycles. The maximum absolute atomic E-state index is 13.9. The Morgan fingerprint density at radius 2 is 1.03 bits per heavy atom. The van der Waals surface area contributed by atoms with Crippen molar-refractivity contribution in [3.8, 4) is 11.3 Å². The van der Waals surface area contributed by atoms with Gasteiger partial charge in [-0.25, -0.2) is 19.9 Å². The van der Waals surface area contributed by atoms with Crippen LogP contribution in [-0.2, 0) is 36.2 Å². The molecular weight excluding hydrogens is 970 g/mol. The molecule has 0 spiro atoms. The number of halogens is 8. The van der Waals surface area contributed by atoms with E-state index in [1.807, 2.05) is 15.9 Å². The number of alkyl halides is 6. The first-order chi connectivity index (χ1) is 31.4. The van der Waals surface area contributed by atoms with E-state index < -0.39 is 35.3 Å². The number of piperidine rings is 1. The molecule has 4 aliphatic rings. The molecule has 0 aliphatic carbocycles. The quantitative estimate of drug-likeness (QED) is 0.143. The van der Waals surface area contributed by atoms with Crippen LogP contribution in [0.5, 0.6) is 0 Å². The van der Waals surface area contributed by atoms with Crippen molar-refractivity contribution in [2.75, 3.05) is 122 Å². The van der Waals surface area contributed by atoms with Gasteiger partial charge in [-0.05, 0) is 47.3 Å². The first kappa shape index (κ1) is 50.2. The van der Waals surface area contributed by atoms with E-state index in [0.29, 0.717) is 62.4 Å². The molecule has 25 heteroatoms. The van der Waals surface area contributed by atoms with Crippen molar-refractivity contribution in [2.45, 2.75) is 45.5 Å². The average molecular weight is 1020 g/mol. The SMILES string of the molecule is CC(=O)Nc1cc(C(F)(F)F)c(-c2cc(N3CCOCC3)nc(N3CCCCC3)n2)cn1.CC(=O)Nc1cc(C(F)(F)F)c(Br)cn1.Clc1cc(N2CCOCC2)nc(N2CCOCC2)n1. The monoisotopic (exact) mass is 1020 g/mol. The molecule has 358 valence electrons. The number of nitrogens with one attached hydrogen (secondary N) is 2. The van der Waals surface area contributed by atoms with Crippen molar-refractivity contribution in [1.82, 2.24) is 29.9 Å². The maximum Gasteiger partial charge on any atom is 0.417 e. The van der Waals surface area contributed by atoms with E-state index in [9.17, 15) is 35.9 Å². The molecule has 0 aromatic carbocycles. The summed E-state index contributed by atoms with van der Waals surface area (Å²) in [7, 11) is 0. The summed E-state index contributed by atoms with van der Waals surface area (Å²) in [5, 5.41) is 4.97. The van der Waals surface area contributed by atoms with E-state index in [1.165, 1.54) is 13.8 Å². The lowest BCUT2D eigenvalue weighted by Gasteiger charge is -2.31. The summed E-state index contributed by atoms with van der Waals surface area (Å²) in [4.78, 5) is 56.0. The minimum absolute atomic E-state index is 0.127. The van der Waals surface area contributed by atoms with Gasteiger partial charge in [0, 0.05) is 101 Å². The number of hydrogen-bond donors (Lipinski definition) is 2. The fourth-order valence-corrected chi connectivity index (χ4v) is 7.67. The predicted molar refractivity (Wildman–Crippen MR) is 238 cm³/mol. The number of hydrogen-bond acceptors (Lipinski definition) is 15. The fourth-order valence-electron chi connectivity index (χ4n) is 7.05. The van der Waals surface area contributed by atoms with Crippen molar-refractivity contribution in [3.05, 3.63) is 57.4 Å². The maximum atomic E-state index is 13.9. The van der Waals surface area contributed by atoms with E-state index in [2.05, 4.69) is 66.3 Å². The van der Waals surface area contributed by atoms with Crippen LogP contribution in [0.25, 0.3) is 11.3 Å². The Labute approximate surface area is 389 Å². The molecule has 4 saturated heterocycles. The second kappa shape index (κ2) is 23.0. The molecule has 4 aliphatic heterocycles. The van der Waals surface area contributed by atoms with Gasteiger partial charge in [-0.15, -0.1) is 0 Å². The largest absolute Gasteiger partial charge is 0.417 e. The number of pyridine rings is 2. The van der Waals surface area contributed by atoms with Crippen LogP contribution in [0, 0.1) is 0 Å². The van der Waals surface area contributed by atoms with Gasteiger partial charge in [0.2, 0.25) is 23.7 Å². The van der Waals surface area contributed by atoms with Gasteiger partial charge in [-0.2, -0.15) is 36.3 Å². The van der Waals surface area contributed by atoms with E-state index in [4.69, 9.17) is 25.8 Å². The van der Waals surface area contributed by atoms with E-state index in [-0.39, 0.29) is 27.4 Å². The Morgan fingerprint density at radius 1 is 0.591 bits per heavy atom. The first-order valence-corrected chi connectivity index (χ1v) is 22.1. The lowest BCUT2D eigenvalue weighted by molar-refractivity contribution is -0.138. The Bertz CT molecular complexity index is 2200. The molecule has 0 unspecified atom stereocenters. The van der Waals surface area contributed by atoms with Crippen LogP contribution < -0.4 is 30.2 Å². The highest BCUT2D eigenvalue weighted by Crippen LogP contribution is 2.39. The van der Waals surface area contributed by atoms with Gasteiger partial charge >= 0.3 is 12.4 Å². The van der Waals surface area contributed by atoms with Gasteiger partial charge in [-0.1, -0.05) is 11.6 Å². The molecule has 17 nitrogen and oxygen atoms in total. The number of ether oxygens (including phenoxy) is 3. The summed E-state index contributed by atoms with van der Waals surface area (Å²) in [6.07, 6.45) is -3.94. The smallest absolute Gasteiger partial charge is 0.378 e. The minimum atomic E-state index is -4.65. The van der Waals surface area contributed by atoms with Crippen LogP contribution in [0.4, 0.5) is 61.5 Å². The van der Waals surface area contributed by atoms with E-state index in [0.717, 1.165) is 102 Å². The Balaban J connectivity index is 0.000000180. The van der Waals surface area contributed by atoms with Crippen LogP contribution in [-0.4, -0.2) is 134 Å². The van der Waals surface area contributed by atoms with Crippen molar-refractivity contribution in [2.24, 2.45) is 0 Å². The zero-order valence-corrected chi connectivity index (χ0v) is 38.4. The molecule has 4 fully saturated rings. The van der Waals surface area contributed by atoms with E-state index in [1.54, 1.807) is 6.07 Å². The molecule has 0 radical (unpaired) electrons. The van der Waals surface area contributed by atoms with Crippen molar-refractivity contribution >= 4 is 74.5 Å². The number of morpholine rings is 3. The highest BCUT2D eigenvalue weighted by Gasteiger charge is 2.36. The molecular formula is C41H48BrClF6N12O5. The molecule has 2 amide bonds. The van der Waals surface area contributed by atoms with Gasteiger partial charge in [0.25, 0.3) is 0 Å². The fraction of sp³-hybridized carbons (Fsp3) is 0.512. The highest BCUT2D eigenvalue weighted by molar-refractivity contribution is 9.10. The van der Waals surface area contributed by atoms with Gasteiger partial charge in [0.15, 0.2) is 0 Å². The number of rotatable bonds is 7. The summed E-state index contributed by atoms with van der Waals surface area (Å²) in [6, 6.07) is 5.00. The topological polar surface area (TPSA) is 176 Å². The summed E-state index contributed by atoms with van der Waals surface area (Å²) in [5.41, 5.74) is -1.79. The number of anilines is 6. The molecule has 66 heavy (non-hydrogen) atoms. The molecule has 0 atom stereocenters. The summed E-state index contributed by atoms with van der Waals surface area (Å²) in [5.74, 6) is 1.30. The molecule has 2 N–H and O–H groups in total. The summed E-state index contributed by atoms with van der Waals surface area (Å²) in [6.45, 7) is 12.4. The number of nitrogens with zero attached hydrogens (tertiary/aromatic N) is 10. The van der Waals surface area contributed by atoms with Crippen LogP contribution in [0.15, 0.2) is 41.1 Å². The third-order valence-electron chi connectivity index (χ3n) is 10.2. The Morgan fingerprint density at radius 3 is 1.53 bits per heavy atom. The number of carbonyl (C=O) groups excluding carboxylic acids is 2. The predicted octanol–water partition coefficient (Wildman–Crippen LogP) is 6.97. The Hall–Kier alpha value is -5.17. The van der Waals surface area contributed by atoms with Crippen LogP contribution >= 0.6 is 27.5 Å². The van der Waals surface area contributed by atoms with Gasteiger partial charge in [0.1, 0.15) is 28.4 Å². The van der Waals surface area contributed by atoms with Crippen molar-refractivity contribution in [1.29, 1.82) is 0 Å². The standard InChI is InChI=1S/C21H25F3N6O2.C12H17ClN4O2.C8H6BrF3N2O/c1-14(31)26-18-11-16(21(22,23)24)15(13-25-18)17-12-19(29-7-9-32-10-8-29)28-20(27-17)30-5-3-2-4-6-30;13-10-9-11(16-1-5-18-6-2-16)15-12(14-10)17-3-7-19-8-4-17;1-4(15)14-7-2-5(8(10,11)12)6(9)3-13-7/h11-13H,2-10H2,1H3,(H,25,26,31);9H,1-8H2;2-3H,1H3,(H,13,14,15). The lowest BCUT2D eigenvalue weighted by Crippen LogP contribution is -2.39. The lowest BCUT2D eigenvalue weighted by atomic mass is 10.1. The summed E-state index contributed by atoms with van der Waals surface area (Å²) >= 11 is 8.86. The summed E-state index contributed by atoms with van der Waals surface area (Å²) < 4.78 is 94.9. The van der Waals surface area contributed by atoms with Crippen LogP contribution in [0.2, 0.25) is 5.15 Å². The zero-order valence-electron chi connectivity index (χ0n) is 36.0. The second-order valence-electron chi connectivity index (χ2n) is 15.1. The molecule has 0 saturated carbocycles.